The second-order valence-corrected chi connectivity index (χ2v) is 6.06. The van der Waals surface area contributed by atoms with Crippen LogP contribution in [0.5, 0.6) is 0 Å². The first-order chi connectivity index (χ1) is 9.47. The molecular formula is C13H21F3N2O3. The minimum atomic E-state index is -4.74. The van der Waals surface area contributed by atoms with Crippen LogP contribution >= 0.6 is 0 Å². The third-order valence-corrected chi connectivity index (χ3v) is 3.35. The predicted molar refractivity (Wildman–Crippen MR) is 69.2 cm³/mol. The van der Waals surface area contributed by atoms with Crippen LogP contribution in [0, 0.1) is 5.41 Å². The van der Waals surface area contributed by atoms with E-state index >= 15 is 0 Å². The van der Waals surface area contributed by atoms with Gasteiger partial charge in [-0.1, -0.05) is 27.7 Å². The Bertz CT molecular complexity index is 404. The molecule has 0 aromatic heterocycles. The maximum Gasteiger partial charge on any atom is 0.522 e. The van der Waals surface area contributed by atoms with Crippen molar-refractivity contribution in [2.75, 3.05) is 13.2 Å². The summed E-state index contributed by atoms with van der Waals surface area (Å²) in [6.07, 6.45) is -4.41. The van der Waals surface area contributed by atoms with E-state index in [-0.39, 0.29) is 18.4 Å². The fraction of sp³-hybridized carbons (Fsp3) is 0.846. The van der Waals surface area contributed by atoms with Gasteiger partial charge in [-0.05, 0) is 11.8 Å². The predicted octanol–water partition coefficient (Wildman–Crippen LogP) is 1.67. The zero-order valence-electron chi connectivity index (χ0n) is 12.6. The molecule has 1 heterocycles. The van der Waals surface area contributed by atoms with Crippen molar-refractivity contribution in [2.45, 2.75) is 52.6 Å². The summed E-state index contributed by atoms with van der Waals surface area (Å²) < 4.78 is 39.8. The molecule has 1 N–H and O–H groups in total. The van der Waals surface area contributed by atoms with Crippen molar-refractivity contribution in [1.29, 1.82) is 0 Å². The molecule has 5 nitrogen and oxygen atoms in total. The molecule has 0 aromatic rings. The van der Waals surface area contributed by atoms with E-state index in [1.54, 1.807) is 27.7 Å². The zero-order valence-corrected chi connectivity index (χ0v) is 12.6. The van der Waals surface area contributed by atoms with Crippen LogP contribution in [0.3, 0.4) is 0 Å². The van der Waals surface area contributed by atoms with Crippen molar-refractivity contribution in [1.82, 2.24) is 10.2 Å². The van der Waals surface area contributed by atoms with Gasteiger partial charge in [0, 0.05) is 6.54 Å². The summed E-state index contributed by atoms with van der Waals surface area (Å²) in [5.41, 5.74) is -0.519. The Morgan fingerprint density at radius 2 is 1.81 bits per heavy atom. The summed E-state index contributed by atoms with van der Waals surface area (Å²) in [5.74, 6) is -0.719. The maximum absolute atomic E-state index is 12.4. The minimum absolute atomic E-state index is 0.267. The zero-order chi connectivity index (χ0) is 16.4. The van der Waals surface area contributed by atoms with Gasteiger partial charge in [-0.2, -0.15) is 0 Å². The molecular weight excluding hydrogens is 289 g/mol. The smallest absolute Gasteiger partial charge is 0.342 e. The second-order valence-electron chi connectivity index (χ2n) is 6.06. The van der Waals surface area contributed by atoms with E-state index in [2.05, 4.69) is 10.1 Å². The average Bonchev–Trinajstić information content (AvgIpc) is 2.30. The maximum atomic E-state index is 12.4. The van der Waals surface area contributed by atoms with Gasteiger partial charge in [0.05, 0.1) is 6.61 Å². The van der Waals surface area contributed by atoms with E-state index in [1.807, 2.05) is 0 Å². The Kier molecular flexibility index (Phi) is 5.25. The van der Waals surface area contributed by atoms with E-state index in [9.17, 15) is 22.8 Å². The molecule has 0 spiro atoms. The van der Waals surface area contributed by atoms with Crippen molar-refractivity contribution in [3.05, 3.63) is 0 Å². The van der Waals surface area contributed by atoms with Crippen LogP contribution in [0.2, 0.25) is 0 Å². The highest BCUT2D eigenvalue weighted by molar-refractivity contribution is 5.97. The lowest BCUT2D eigenvalue weighted by atomic mass is 9.83. The van der Waals surface area contributed by atoms with Gasteiger partial charge in [-0.25, -0.2) is 0 Å². The van der Waals surface area contributed by atoms with Crippen molar-refractivity contribution < 1.29 is 27.5 Å². The monoisotopic (exact) mass is 310 g/mol. The van der Waals surface area contributed by atoms with Crippen molar-refractivity contribution >= 4 is 11.8 Å². The summed E-state index contributed by atoms with van der Waals surface area (Å²) >= 11 is 0. The number of ether oxygens (including phenoxy) is 1. The molecule has 2 unspecified atom stereocenters. The third-order valence-electron chi connectivity index (χ3n) is 3.35. The van der Waals surface area contributed by atoms with Crippen LogP contribution in [-0.2, 0) is 14.3 Å². The lowest BCUT2D eigenvalue weighted by Gasteiger charge is -2.43. The summed E-state index contributed by atoms with van der Waals surface area (Å²) in [6, 6.07) is -1.51. The van der Waals surface area contributed by atoms with Crippen molar-refractivity contribution in [3.63, 3.8) is 0 Å². The molecule has 2 amide bonds. The van der Waals surface area contributed by atoms with Gasteiger partial charge < -0.3 is 10.2 Å². The summed E-state index contributed by atoms with van der Waals surface area (Å²) in [7, 11) is 0. The third kappa shape index (κ3) is 4.59. The van der Waals surface area contributed by atoms with E-state index < -0.39 is 30.5 Å². The molecule has 1 aliphatic rings. The van der Waals surface area contributed by atoms with E-state index in [1.165, 1.54) is 4.90 Å². The summed E-state index contributed by atoms with van der Waals surface area (Å²) in [5, 5.41) is 2.65. The minimum Gasteiger partial charge on any atom is -0.342 e. The lowest BCUT2D eigenvalue weighted by Crippen LogP contribution is -2.66. The van der Waals surface area contributed by atoms with Gasteiger partial charge in [-0.15, -0.1) is 13.2 Å². The number of nitrogens with one attached hydrogen (secondary N) is 1. The van der Waals surface area contributed by atoms with Crippen LogP contribution in [0.25, 0.3) is 0 Å². The highest BCUT2D eigenvalue weighted by Crippen LogP contribution is 2.26. The lowest BCUT2D eigenvalue weighted by molar-refractivity contribution is -0.325. The molecule has 1 fully saturated rings. The van der Waals surface area contributed by atoms with Crippen LogP contribution in [0.1, 0.15) is 34.1 Å². The molecule has 21 heavy (non-hydrogen) atoms. The van der Waals surface area contributed by atoms with E-state index in [0.717, 1.165) is 0 Å². The fourth-order valence-electron chi connectivity index (χ4n) is 2.28. The Labute approximate surface area is 121 Å². The molecule has 2 atom stereocenters. The van der Waals surface area contributed by atoms with Gasteiger partial charge in [0.15, 0.2) is 0 Å². The molecule has 0 aromatic carbocycles. The van der Waals surface area contributed by atoms with Crippen molar-refractivity contribution in [2.24, 2.45) is 5.41 Å². The molecule has 1 rings (SSSR count). The van der Waals surface area contributed by atoms with Crippen LogP contribution in [0.4, 0.5) is 13.2 Å². The topological polar surface area (TPSA) is 58.6 Å². The Morgan fingerprint density at radius 1 is 1.24 bits per heavy atom. The quantitative estimate of drug-likeness (QED) is 0.859. The molecule has 0 saturated carbocycles. The number of amides is 2. The number of halogens is 3. The van der Waals surface area contributed by atoms with Gasteiger partial charge in [-0.3, -0.25) is 14.3 Å². The highest BCUT2D eigenvalue weighted by atomic mass is 19.4. The Balaban J connectivity index is 2.84. The molecule has 0 bridgehead atoms. The van der Waals surface area contributed by atoms with E-state index in [0.29, 0.717) is 6.42 Å². The Morgan fingerprint density at radius 3 is 2.24 bits per heavy atom. The normalized spacial score (nSPS) is 24.2. The van der Waals surface area contributed by atoms with Gasteiger partial charge in [0.1, 0.15) is 12.1 Å². The first-order valence-corrected chi connectivity index (χ1v) is 6.79. The first kappa shape index (κ1) is 17.7. The van der Waals surface area contributed by atoms with E-state index in [4.69, 9.17) is 0 Å². The molecule has 8 heteroatoms. The van der Waals surface area contributed by atoms with Crippen LogP contribution < -0.4 is 5.32 Å². The van der Waals surface area contributed by atoms with Gasteiger partial charge in [0.25, 0.3) is 0 Å². The second kappa shape index (κ2) is 6.21. The first-order valence-electron chi connectivity index (χ1n) is 6.79. The molecule has 0 radical (unpaired) electrons. The SMILES string of the molecule is CCC1C(=O)NC(C(C)(C)C)C(=O)N1CCOC(F)(F)F. The van der Waals surface area contributed by atoms with Crippen molar-refractivity contribution in [3.8, 4) is 0 Å². The fourth-order valence-corrected chi connectivity index (χ4v) is 2.28. The number of nitrogens with zero attached hydrogens (tertiary/aromatic N) is 1. The van der Waals surface area contributed by atoms with Gasteiger partial charge >= 0.3 is 6.36 Å². The average molecular weight is 310 g/mol. The van der Waals surface area contributed by atoms with Crippen LogP contribution in [0.15, 0.2) is 0 Å². The number of carbonyl (C=O) groups is 2. The van der Waals surface area contributed by atoms with Gasteiger partial charge in [0.2, 0.25) is 11.8 Å². The number of hydrogen-bond donors (Lipinski definition) is 1. The summed E-state index contributed by atoms with van der Waals surface area (Å²) in [6.45, 7) is 6.10. The standard InChI is InChI=1S/C13H21F3N2O3/c1-5-8-10(19)17-9(12(2,3)4)11(20)18(8)6-7-21-13(14,15)16/h8-9H,5-7H2,1-4H3,(H,17,19). The number of carbonyl (C=O) groups excluding carboxylic acids is 2. The summed E-state index contributed by atoms with van der Waals surface area (Å²) in [4.78, 5) is 25.6. The largest absolute Gasteiger partial charge is 0.522 e. The number of alkyl halides is 3. The highest BCUT2D eigenvalue weighted by Gasteiger charge is 2.44. The molecule has 122 valence electrons. The molecule has 1 aliphatic heterocycles. The van der Waals surface area contributed by atoms with Crippen LogP contribution in [-0.4, -0.2) is 48.3 Å². The number of hydrogen-bond acceptors (Lipinski definition) is 3. The Hall–Kier alpha value is -1.31. The number of rotatable bonds is 4. The molecule has 1 saturated heterocycles. The number of piperazine rings is 1. The molecule has 0 aliphatic carbocycles.